The van der Waals surface area contributed by atoms with Crippen LogP contribution in [0.2, 0.25) is 0 Å². The summed E-state index contributed by atoms with van der Waals surface area (Å²) >= 11 is 0. The molecule has 0 aliphatic carbocycles. The lowest BCUT2D eigenvalue weighted by molar-refractivity contribution is -0.127. The van der Waals surface area contributed by atoms with Gasteiger partial charge in [0.2, 0.25) is 5.91 Å². The number of amides is 1. The monoisotopic (exact) mass is 251 g/mol. The molecule has 1 amide bonds. The van der Waals surface area contributed by atoms with E-state index in [9.17, 15) is 4.79 Å². The molecule has 2 heterocycles. The second-order valence-electron chi connectivity index (χ2n) is 4.98. The molecule has 1 aromatic heterocycles. The Morgan fingerprint density at radius 2 is 2.50 bits per heavy atom. The van der Waals surface area contributed by atoms with Crippen molar-refractivity contribution in [3.8, 4) is 0 Å². The maximum absolute atomic E-state index is 12.3. The van der Waals surface area contributed by atoms with E-state index in [1.165, 1.54) is 0 Å². The molecule has 18 heavy (non-hydrogen) atoms. The quantitative estimate of drug-likeness (QED) is 0.832. The first kappa shape index (κ1) is 13.1. The molecule has 1 atom stereocenters. The minimum Gasteiger partial charge on any atom is -0.359 e. The van der Waals surface area contributed by atoms with Gasteiger partial charge in [-0.15, -0.1) is 0 Å². The van der Waals surface area contributed by atoms with Crippen molar-refractivity contribution < 1.29 is 9.32 Å². The van der Waals surface area contributed by atoms with Crippen LogP contribution in [0.25, 0.3) is 0 Å². The van der Waals surface area contributed by atoms with E-state index in [1.807, 2.05) is 13.0 Å². The third-order valence-electron chi connectivity index (χ3n) is 3.46. The number of nitrogens with one attached hydrogen (secondary N) is 2. The van der Waals surface area contributed by atoms with Gasteiger partial charge in [-0.3, -0.25) is 4.79 Å². The number of hydrogen-bond donors (Lipinski definition) is 2. The first-order chi connectivity index (χ1) is 8.66. The zero-order valence-corrected chi connectivity index (χ0v) is 11.1. The lowest BCUT2D eigenvalue weighted by atomic mass is 9.91. The van der Waals surface area contributed by atoms with Gasteiger partial charge >= 0.3 is 0 Å². The zero-order valence-electron chi connectivity index (χ0n) is 11.1. The molecule has 0 saturated carbocycles. The minimum absolute atomic E-state index is 0.0795. The normalized spacial score (nSPS) is 23.2. The second kappa shape index (κ2) is 5.52. The highest BCUT2D eigenvalue weighted by molar-refractivity contribution is 5.86. The van der Waals surface area contributed by atoms with Crippen molar-refractivity contribution in [1.29, 1.82) is 0 Å². The summed E-state index contributed by atoms with van der Waals surface area (Å²) in [6.07, 6.45) is 3.87. The van der Waals surface area contributed by atoms with Gasteiger partial charge in [0, 0.05) is 6.07 Å². The summed E-state index contributed by atoms with van der Waals surface area (Å²) in [6, 6.07) is 1.84. The smallest absolute Gasteiger partial charge is 0.240 e. The largest absolute Gasteiger partial charge is 0.359 e. The Balaban J connectivity index is 1.93. The number of nitrogens with zero attached hydrogens (tertiary/aromatic N) is 1. The minimum atomic E-state index is -0.371. The Hall–Kier alpha value is -1.36. The van der Waals surface area contributed by atoms with Crippen LogP contribution in [0.1, 0.15) is 44.1 Å². The van der Waals surface area contributed by atoms with Gasteiger partial charge in [-0.05, 0) is 32.7 Å². The van der Waals surface area contributed by atoms with Crippen LogP contribution >= 0.6 is 0 Å². The molecule has 1 fully saturated rings. The second-order valence-corrected chi connectivity index (χ2v) is 4.98. The summed E-state index contributed by atoms with van der Waals surface area (Å²) < 4.78 is 5.09. The number of aromatic nitrogens is 1. The summed E-state index contributed by atoms with van der Waals surface area (Å²) in [5.41, 5.74) is 0.464. The maximum Gasteiger partial charge on any atom is 0.240 e. The Morgan fingerprint density at radius 1 is 1.67 bits per heavy atom. The highest BCUT2D eigenvalue weighted by Crippen LogP contribution is 2.25. The molecule has 2 N–H and O–H groups in total. The van der Waals surface area contributed by atoms with Gasteiger partial charge in [0.25, 0.3) is 0 Å². The van der Waals surface area contributed by atoms with Gasteiger partial charge in [-0.2, -0.15) is 0 Å². The first-order valence-corrected chi connectivity index (χ1v) is 6.62. The number of hydrogen-bond acceptors (Lipinski definition) is 4. The fraction of sp³-hybridized carbons (Fsp3) is 0.692. The summed E-state index contributed by atoms with van der Waals surface area (Å²) in [7, 11) is 0. The van der Waals surface area contributed by atoms with Crippen molar-refractivity contribution >= 4 is 5.91 Å². The van der Waals surface area contributed by atoms with E-state index in [0.29, 0.717) is 12.3 Å². The third kappa shape index (κ3) is 2.72. The van der Waals surface area contributed by atoms with Gasteiger partial charge in [0.1, 0.15) is 0 Å². The highest BCUT2D eigenvalue weighted by atomic mass is 16.5. The van der Waals surface area contributed by atoms with E-state index in [-0.39, 0.29) is 11.4 Å². The van der Waals surface area contributed by atoms with E-state index in [4.69, 9.17) is 4.52 Å². The molecule has 1 aliphatic heterocycles. The average Bonchev–Trinajstić information content (AvgIpc) is 2.97. The van der Waals surface area contributed by atoms with Gasteiger partial charge in [0.15, 0.2) is 5.76 Å². The van der Waals surface area contributed by atoms with Crippen molar-refractivity contribution in [2.75, 3.05) is 6.54 Å². The van der Waals surface area contributed by atoms with E-state index in [0.717, 1.165) is 37.9 Å². The Morgan fingerprint density at radius 3 is 3.06 bits per heavy atom. The fourth-order valence-corrected chi connectivity index (χ4v) is 2.59. The van der Waals surface area contributed by atoms with E-state index < -0.39 is 0 Å². The lowest BCUT2D eigenvalue weighted by Gasteiger charge is -2.27. The van der Waals surface area contributed by atoms with Crippen molar-refractivity contribution in [3.05, 3.63) is 17.5 Å². The standard InChI is InChI=1S/C13H21N3O2/c1-3-5-13(6-4-7-15-13)12(17)14-9-11-8-10(2)16-18-11/h8,15H,3-7,9H2,1-2H3,(H,14,17). The van der Waals surface area contributed by atoms with Crippen LogP contribution in [-0.2, 0) is 11.3 Å². The van der Waals surface area contributed by atoms with E-state index in [2.05, 4.69) is 22.7 Å². The predicted octanol–water partition coefficient (Wildman–Crippen LogP) is 1.52. The molecule has 5 nitrogen and oxygen atoms in total. The molecule has 0 bridgehead atoms. The SMILES string of the molecule is CCCC1(C(=O)NCc2cc(C)no2)CCCN1. The van der Waals surface area contributed by atoms with Gasteiger partial charge in [-0.1, -0.05) is 18.5 Å². The van der Waals surface area contributed by atoms with Crippen LogP contribution in [-0.4, -0.2) is 23.1 Å². The number of carbonyl (C=O) groups excluding carboxylic acids is 1. The first-order valence-electron chi connectivity index (χ1n) is 6.62. The zero-order chi connectivity index (χ0) is 13.0. The molecule has 0 spiro atoms. The molecule has 1 aliphatic rings. The van der Waals surface area contributed by atoms with Crippen LogP contribution in [0.15, 0.2) is 10.6 Å². The molecular weight excluding hydrogens is 230 g/mol. The molecular formula is C13H21N3O2. The van der Waals surface area contributed by atoms with Gasteiger partial charge in [0.05, 0.1) is 17.8 Å². The molecule has 1 unspecified atom stereocenters. The molecule has 100 valence electrons. The Labute approximate surface area is 107 Å². The van der Waals surface area contributed by atoms with Crippen LogP contribution < -0.4 is 10.6 Å². The fourth-order valence-electron chi connectivity index (χ4n) is 2.59. The van der Waals surface area contributed by atoms with E-state index >= 15 is 0 Å². The summed E-state index contributed by atoms with van der Waals surface area (Å²) in [5.74, 6) is 0.779. The van der Waals surface area contributed by atoms with E-state index in [1.54, 1.807) is 0 Å². The number of rotatable bonds is 5. The van der Waals surface area contributed by atoms with Crippen molar-refractivity contribution in [1.82, 2.24) is 15.8 Å². The molecule has 0 radical (unpaired) electrons. The predicted molar refractivity (Wildman–Crippen MR) is 68.0 cm³/mol. The van der Waals surface area contributed by atoms with Crippen LogP contribution in [0.5, 0.6) is 0 Å². The summed E-state index contributed by atoms with van der Waals surface area (Å²) in [5, 5.41) is 10.1. The average molecular weight is 251 g/mol. The van der Waals surface area contributed by atoms with Crippen LogP contribution in [0.4, 0.5) is 0 Å². The molecule has 2 rings (SSSR count). The molecule has 1 saturated heterocycles. The van der Waals surface area contributed by atoms with Crippen molar-refractivity contribution in [2.45, 2.75) is 51.6 Å². The van der Waals surface area contributed by atoms with Gasteiger partial charge < -0.3 is 15.2 Å². The van der Waals surface area contributed by atoms with Crippen molar-refractivity contribution in [2.24, 2.45) is 0 Å². The van der Waals surface area contributed by atoms with Gasteiger partial charge in [-0.25, -0.2) is 0 Å². The lowest BCUT2D eigenvalue weighted by Crippen LogP contribution is -2.53. The molecule has 0 aromatic carbocycles. The Kier molecular flexibility index (Phi) is 4.01. The van der Waals surface area contributed by atoms with Crippen LogP contribution in [0.3, 0.4) is 0 Å². The Bertz CT molecular complexity index is 408. The topological polar surface area (TPSA) is 67.2 Å². The number of carbonyl (C=O) groups is 1. The molecule has 1 aromatic rings. The van der Waals surface area contributed by atoms with Crippen molar-refractivity contribution in [3.63, 3.8) is 0 Å². The maximum atomic E-state index is 12.3. The summed E-state index contributed by atoms with van der Waals surface area (Å²) in [6.45, 7) is 5.31. The highest BCUT2D eigenvalue weighted by Gasteiger charge is 2.39. The summed E-state index contributed by atoms with van der Waals surface area (Å²) in [4.78, 5) is 12.3. The molecule has 5 heteroatoms. The van der Waals surface area contributed by atoms with Crippen LogP contribution in [0, 0.1) is 6.92 Å². The third-order valence-corrected chi connectivity index (χ3v) is 3.46. The number of aryl methyl sites for hydroxylation is 1.